The lowest BCUT2D eigenvalue weighted by Gasteiger charge is -2.02. The van der Waals surface area contributed by atoms with Gasteiger partial charge in [-0.2, -0.15) is 0 Å². The number of aromatic carboxylic acids is 1. The Morgan fingerprint density at radius 3 is 2.50 bits per heavy atom. The van der Waals surface area contributed by atoms with E-state index in [-0.39, 0.29) is 22.9 Å². The molecule has 0 aromatic carbocycles. The number of nitrogens with zero attached hydrogens (tertiary/aromatic N) is 1. The van der Waals surface area contributed by atoms with Crippen molar-refractivity contribution in [1.29, 1.82) is 0 Å². The summed E-state index contributed by atoms with van der Waals surface area (Å²) in [5, 5.41) is 8.68. The lowest BCUT2D eigenvalue weighted by atomic mass is 10.1. The molecule has 14 heavy (non-hydrogen) atoms. The molecule has 0 saturated carbocycles. The van der Waals surface area contributed by atoms with Crippen LogP contribution in [0.15, 0.2) is 12.1 Å². The van der Waals surface area contributed by atoms with E-state index >= 15 is 0 Å². The van der Waals surface area contributed by atoms with E-state index in [0.29, 0.717) is 0 Å². The summed E-state index contributed by atoms with van der Waals surface area (Å²) < 4.78 is 4.77. The first kappa shape index (κ1) is 10.2. The van der Waals surface area contributed by atoms with E-state index in [4.69, 9.17) is 9.84 Å². The minimum Gasteiger partial charge on any atom is -0.481 e. The molecule has 0 aliphatic heterocycles. The second-order valence-corrected chi connectivity index (χ2v) is 2.64. The molecule has 74 valence electrons. The highest BCUT2D eigenvalue weighted by atomic mass is 16.5. The van der Waals surface area contributed by atoms with Crippen LogP contribution in [-0.4, -0.2) is 29.0 Å². The van der Waals surface area contributed by atoms with Crippen molar-refractivity contribution in [3.63, 3.8) is 0 Å². The van der Waals surface area contributed by atoms with Crippen LogP contribution in [0.2, 0.25) is 0 Å². The maximum absolute atomic E-state index is 11.0. The number of hydrogen-bond acceptors (Lipinski definition) is 4. The van der Waals surface area contributed by atoms with Crippen molar-refractivity contribution in [1.82, 2.24) is 4.98 Å². The topological polar surface area (TPSA) is 76.5 Å². The van der Waals surface area contributed by atoms with E-state index in [1.807, 2.05) is 0 Å². The van der Waals surface area contributed by atoms with E-state index in [2.05, 4.69) is 4.98 Å². The summed E-state index contributed by atoms with van der Waals surface area (Å²) in [4.78, 5) is 25.3. The van der Waals surface area contributed by atoms with Gasteiger partial charge in [0.1, 0.15) is 0 Å². The standard InChI is InChI=1S/C9H9NO4/c1-5(11)6-3-7(9(12)13)10-8(4-6)14-2/h3-4H,1-2H3,(H,12,13). The number of carbonyl (C=O) groups is 2. The van der Waals surface area contributed by atoms with E-state index in [0.717, 1.165) is 0 Å². The first-order chi connectivity index (χ1) is 6.54. The first-order valence-corrected chi connectivity index (χ1v) is 3.85. The molecular weight excluding hydrogens is 186 g/mol. The molecule has 0 atom stereocenters. The van der Waals surface area contributed by atoms with Crippen molar-refractivity contribution in [2.75, 3.05) is 7.11 Å². The summed E-state index contributed by atoms with van der Waals surface area (Å²) in [6, 6.07) is 2.61. The van der Waals surface area contributed by atoms with Crippen molar-refractivity contribution in [3.05, 3.63) is 23.4 Å². The molecule has 1 N–H and O–H groups in total. The monoisotopic (exact) mass is 195 g/mol. The van der Waals surface area contributed by atoms with E-state index in [9.17, 15) is 9.59 Å². The Kier molecular flexibility index (Phi) is 2.81. The van der Waals surface area contributed by atoms with Gasteiger partial charge in [0.05, 0.1) is 7.11 Å². The number of rotatable bonds is 3. The Labute approximate surface area is 80.3 Å². The quantitative estimate of drug-likeness (QED) is 0.728. The lowest BCUT2D eigenvalue weighted by molar-refractivity contribution is 0.0689. The number of Topliss-reactive ketones (excluding diaryl/α,β-unsaturated/α-hetero) is 1. The van der Waals surface area contributed by atoms with Gasteiger partial charge in [-0.25, -0.2) is 9.78 Å². The van der Waals surface area contributed by atoms with Crippen LogP contribution in [0.3, 0.4) is 0 Å². The van der Waals surface area contributed by atoms with Crippen LogP contribution in [0.1, 0.15) is 27.8 Å². The largest absolute Gasteiger partial charge is 0.481 e. The number of aromatic nitrogens is 1. The molecule has 1 aromatic heterocycles. The van der Waals surface area contributed by atoms with Gasteiger partial charge in [0.25, 0.3) is 0 Å². The van der Waals surface area contributed by atoms with Gasteiger partial charge in [0.15, 0.2) is 11.5 Å². The third kappa shape index (κ3) is 2.07. The van der Waals surface area contributed by atoms with Gasteiger partial charge >= 0.3 is 5.97 Å². The van der Waals surface area contributed by atoms with E-state index in [1.54, 1.807) is 0 Å². The zero-order valence-corrected chi connectivity index (χ0v) is 7.77. The number of ether oxygens (including phenoxy) is 1. The fourth-order valence-corrected chi connectivity index (χ4v) is 0.923. The third-order valence-corrected chi connectivity index (χ3v) is 1.64. The first-order valence-electron chi connectivity index (χ1n) is 3.85. The Morgan fingerprint density at radius 1 is 1.43 bits per heavy atom. The van der Waals surface area contributed by atoms with Gasteiger partial charge in [-0.3, -0.25) is 4.79 Å². The molecule has 0 amide bonds. The predicted octanol–water partition coefficient (Wildman–Crippen LogP) is 0.991. The van der Waals surface area contributed by atoms with Gasteiger partial charge in [-0.05, 0) is 13.0 Å². The summed E-state index contributed by atoms with van der Waals surface area (Å²) in [7, 11) is 1.36. The minimum absolute atomic E-state index is 0.120. The van der Waals surface area contributed by atoms with Crippen molar-refractivity contribution in [2.24, 2.45) is 0 Å². The zero-order valence-electron chi connectivity index (χ0n) is 7.77. The van der Waals surface area contributed by atoms with Crippen LogP contribution in [0, 0.1) is 0 Å². The molecular formula is C9H9NO4. The number of carbonyl (C=O) groups excluding carboxylic acids is 1. The van der Waals surface area contributed by atoms with Crippen LogP contribution >= 0.6 is 0 Å². The molecule has 0 saturated heterocycles. The van der Waals surface area contributed by atoms with Crippen LogP contribution in [0.4, 0.5) is 0 Å². The summed E-state index contributed by atoms with van der Waals surface area (Å²) in [5.74, 6) is -1.30. The van der Waals surface area contributed by atoms with Gasteiger partial charge in [-0.15, -0.1) is 0 Å². The Bertz CT molecular complexity index is 354. The molecule has 1 heterocycles. The van der Waals surface area contributed by atoms with Gasteiger partial charge < -0.3 is 9.84 Å². The molecule has 0 unspecified atom stereocenters. The summed E-state index contributed by atoms with van der Waals surface area (Å²) in [6.07, 6.45) is 0. The van der Waals surface area contributed by atoms with Crippen molar-refractivity contribution < 1.29 is 19.4 Å². The molecule has 1 rings (SSSR count). The molecule has 5 nitrogen and oxygen atoms in total. The van der Waals surface area contributed by atoms with Crippen molar-refractivity contribution in [3.8, 4) is 5.88 Å². The van der Waals surface area contributed by atoms with Crippen molar-refractivity contribution >= 4 is 11.8 Å². The Hall–Kier alpha value is -1.91. The summed E-state index contributed by atoms with van der Waals surface area (Å²) >= 11 is 0. The average molecular weight is 195 g/mol. The number of methoxy groups -OCH3 is 1. The van der Waals surface area contributed by atoms with E-state index in [1.165, 1.54) is 26.2 Å². The highest BCUT2D eigenvalue weighted by Crippen LogP contribution is 2.12. The molecule has 0 aliphatic carbocycles. The molecule has 0 bridgehead atoms. The number of hydrogen-bond donors (Lipinski definition) is 1. The SMILES string of the molecule is COc1cc(C(C)=O)cc(C(=O)O)n1. The second-order valence-electron chi connectivity index (χ2n) is 2.64. The number of ketones is 1. The molecule has 0 fully saturated rings. The lowest BCUT2D eigenvalue weighted by Crippen LogP contribution is -2.05. The average Bonchev–Trinajstić information content (AvgIpc) is 2.16. The fraction of sp³-hybridized carbons (Fsp3) is 0.222. The van der Waals surface area contributed by atoms with Gasteiger partial charge in [0.2, 0.25) is 5.88 Å². The molecule has 1 aromatic rings. The van der Waals surface area contributed by atoms with Crippen LogP contribution in [0.25, 0.3) is 0 Å². The summed E-state index contributed by atoms with van der Waals surface area (Å²) in [5.41, 5.74) is 0.0730. The molecule has 0 radical (unpaired) electrons. The molecule has 0 aliphatic rings. The predicted molar refractivity (Wildman–Crippen MR) is 47.8 cm³/mol. The number of pyridine rings is 1. The maximum atomic E-state index is 11.0. The van der Waals surface area contributed by atoms with Crippen LogP contribution in [-0.2, 0) is 0 Å². The van der Waals surface area contributed by atoms with Crippen LogP contribution in [0.5, 0.6) is 5.88 Å². The smallest absolute Gasteiger partial charge is 0.354 e. The summed E-state index contributed by atoms with van der Waals surface area (Å²) in [6.45, 7) is 1.35. The minimum atomic E-state index is -1.19. The second kappa shape index (κ2) is 3.87. The van der Waals surface area contributed by atoms with Gasteiger partial charge in [-0.1, -0.05) is 0 Å². The Balaban J connectivity index is 3.27. The van der Waals surface area contributed by atoms with E-state index < -0.39 is 5.97 Å². The fourth-order valence-electron chi connectivity index (χ4n) is 0.923. The third-order valence-electron chi connectivity index (χ3n) is 1.64. The highest BCUT2D eigenvalue weighted by molar-refractivity contribution is 5.96. The zero-order chi connectivity index (χ0) is 10.7. The number of carboxylic acids is 1. The maximum Gasteiger partial charge on any atom is 0.354 e. The number of carboxylic acid groups (broad SMARTS) is 1. The van der Waals surface area contributed by atoms with Crippen LogP contribution < -0.4 is 4.74 Å². The van der Waals surface area contributed by atoms with Crippen molar-refractivity contribution in [2.45, 2.75) is 6.92 Å². The highest BCUT2D eigenvalue weighted by Gasteiger charge is 2.11. The molecule has 0 spiro atoms. The Morgan fingerprint density at radius 2 is 2.07 bits per heavy atom. The normalized spacial score (nSPS) is 9.57. The molecule has 5 heteroatoms. The van der Waals surface area contributed by atoms with Gasteiger partial charge in [0, 0.05) is 11.6 Å².